The number of esters is 2. The number of nitrogens with one attached hydrogen (secondary N) is 1. The minimum atomic E-state index is -0.694. The summed E-state index contributed by atoms with van der Waals surface area (Å²) < 4.78 is 11.4. The number of hydrogen-bond donors (Lipinski definition) is 1. The number of carbonyl (C=O) groups is 2. The van der Waals surface area contributed by atoms with Gasteiger partial charge in [-0.2, -0.15) is 0 Å². The van der Waals surface area contributed by atoms with E-state index in [1.54, 1.807) is 32.0 Å². The lowest BCUT2D eigenvalue weighted by Gasteiger charge is -2.28. The molecule has 2 aromatic carbocycles. The molecule has 3 heterocycles. The zero-order chi connectivity index (χ0) is 23.1. The van der Waals surface area contributed by atoms with Gasteiger partial charge in [-0.15, -0.1) is 11.3 Å². The minimum absolute atomic E-state index is 0.111. The van der Waals surface area contributed by atoms with Crippen LogP contribution in [0.3, 0.4) is 0 Å². The lowest BCUT2D eigenvalue weighted by Crippen LogP contribution is -2.30. The lowest BCUT2D eigenvalue weighted by molar-refractivity contribution is -0.138. The van der Waals surface area contributed by atoms with Crippen molar-refractivity contribution >= 4 is 33.4 Å². The van der Waals surface area contributed by atoms with Gasteiger partial charge in [0.15, 0.2) is 5.43 Å². The number of hydrogen-bond acceptors (Lipinski definition) is 7. The van der Waals surface area contributed by atoms with Gasteiger partial charge in [0.05, 0.1) is 29.4 Å². The molecule has 1 atom stereocenters. The van der Waals surface area contributed by atoms with E-state index in [9.17, 15) is 14.4 Å². The summed E-state index contributed by atoms with van der Waals surface area (Å²) in [5.74, 6) is -1.66. The molecule has 166 valence electrons. The Morgan fingerprint density at radius 1 is 1.15 bits per heavy atom. The molecule has 0 fully saturated rings. The summed E-state index contributed by atoms with van der Waals surface area (Å²) in [5, 5.41) is 3.70. The Kier molecular flexibility index (Phi) is 5.34. The lowest BCUT2D eigenvalue weighted by atomic mass is 9.80. The molecular formula is C26H21NO5S. The van der Waals surface area contributed by atoms with Crippen molar-refractivity contribution in [3.05, 3.63) is 92.9 Å². The molecule has 2 aliphatic rings. The Bertz CT molecular complexity index is 1420. The van der Waals surface area contributed by atoms with Crippen molar-refractivity contribution < 1.29 is 19.1 Å². The van der Waals surface area contributed by atoms with Gasteiger partial charge in [-0.3, -0.25) is 4.79 Å². The summed E-state index contributed by atoms with van der Waals surface area (Å²) in [4.78, 5) is 39.7. The monoisotopic (exact) mass is 459 g/mol. The summed E-state index contributed by atoms with van der Waals surface area (Å²) in [7, 11) is 0. The summed E-state index contributed by atoms with van der Waals surface area (Å²) in [5.41, 5.74) is 3.52. The minimum Gasteiger partial charge on any atom is -0.463 e. The van der Waals surface area contributed by atoms with Crippen LogP contribution < -0.4 is 10.7 Å². The molecule has 1 N–H and O–H groups in total. The van der Waals surface area contributed by atoms with Gasteiger partial charge >= 0.3 is 11.9 Å². The van der Waals surface area contributed by atoms with E-state index in [1.807, 2.05) is 36.4 Å². The Hall–Kier alpha value is -3.71. The third-order valence-corrected chi connectivity index (χ3v) is 7.10. The number of rotatable bonds is 4. The molecule has 3 aromatic rings. The van der Waals surface area contributed by atoms with Gasteiger partial charge in [-0.05, 0) is 31.0 Å². The molecule has 0 amide bonds. The van der Waals surface area contributed by atoms with Crippen LogP contribution in [0.15, 0.2) is 81.9 Å². The average Bonchev–Trinajstić information content (AvgIpc) is 3.18. The second kappa shape index (κ2) is 8.33. The summed E-state index contributed by atoms with van der Waals surface area (Å²) in [6.07, 6.45) is 0. The molecule has 0 saturated carbocycles. The van der Waals surface area contributed by atoms with Gasteiger partial charge in [0.25, 0.3) is 0 Å². The average molecular weight is 460 g/mol. The fourth-order valence-corrected chi connectivity index (χ4v) is 5.65. The maximum atomic E-state index is 13.1. The quantitative estimate of drug-likeness (QED) is 0.587. The topological polar surface area (TPSA) is 81.7 Å². The molecule has 0 radical (unpaired) electrons. The molecule has 33 heavy (non-hydrogen) atoms. The van der Waals surface area contributed by atoms with Crippen LogP contribution in [-0.2, 0) is 19.1 Å². The van der Waals surface area contributed by atoms with Crippen molar-refractivity contribution in [2.24, 2.45) is 0 Å². The molecule has 6 nitrogen and oxygen atoms in total. The highest BCUT2D eigenvalue weighted by atomic mass is 32.1. The molecule has 1 aromatic heterocycles. The Morgan fingerprint density at radius 2 is 1.94 bits per heavy atom. The van der Waals surface area contributed by atoms with E-state index >= 15 is 0 Å². The van der Waals surface area contributed by atoms with Crippen molar-refractivity contribution in [2.45, 2.75) is 19.8 Å². The van der Waals surface area contributed by atoms with E-state index in [-0.39, 0.29) is 18.6 Å². The van der Waals surface area contributed by atoms with Crippen LogP contribution in [0.4, 0.5) is 0 Å². The number of dihydropyridines is 1. The highest BCUT2D eigenvalue weighted by Crippen LogP contribution is 2.44. The second-order valence-electron chi connectivity index (χ2n) is 7.85. The van der Waals surface area contributed by atoms with Gasteiger partial charge in [0.1, 0.15) is 6.61 Å². The molecule has 7 heteroatoms. The number of benzene rings is 2. The SMILES string of the molecule is CCOC(=O)C1=C(C)NC2=C(C(=O)OC2)C1c1cccc2c(=O)cc(-c3ccccc3)sc12. The third-order valence-electron chi connectivity index (χ3n) is 5.86. The smallest absolute Gasteiger partial charge is 0.337 e. The number of cyclic esters (lactones) is 1. The zero-order valence-corrected chi connectivity index (χ0v) is 19.0. The highest BCUT2D eigenvalue weighted by molar-refractivity contribution is 7.21. The molecule has 0 aliphatic carbocycles. The molecular weight excluding hydrogens is 438 g/mol. The van der Waals surface area contributed by atoms with Crippen LogP contribution in [0.2, 0.25) is 0 Å². The van der Waals surface area contributed by atoms with Crippen LogP contribution in [0.25, 0.3) is 20.5 Å². The molecule has 0 bridgehead atoms. The van der Waals surface area contributed by atoms with Crippen LogP contribution in [0.5, 0.6) is 0 Å². The van der Waals surface area contributed by atoms with E-state index in [1.165, 1.54) is 11.3 Å². The van der Waals surface area contributed by atoms with Crippen molar-refractivity contribution in [2.75, 3.05) is 13.2 Å². The number of allylic oxidation sites excluding steroid dienone is 1. The Labute approximate surface area is 194 Å². The highest BCUT2D eigenvalue weighted by Gasteiger charge is 2.42. The Morgan fingerprint density at radius 3 is 2.70 bits per heavy atom. The largest absolute Gasteiger partial charge is 0.463 e. The maximum Gasteiger partial charge on any atom is 0.337 e. The van der Waals surface area contributed by atoms with E-state index < -0.39 is 17.9 Å². The molecule has 0 spiro atoms. The van der Waals surface area contributed by atoms with Crippen LogP contribution in [0, 0.1) is 0 Å². The van der Waals surface area contributed by atoms with Crippen molar-refractivity contribution in [3.8, 4) is 10.4 Å². The normalized spacial score (nSPS) is 17.6. The molecule has 0 saturated heterocycles. The second-order valence-corrected chi connectivity index (χ2v) is 8.90. The first-order chi connectivity index (χ1) is 16.0. The van der Waals surface area contributed by atoms with Gasteiger partial charge < -0.3 is 14.8 Å². The first-order valence-corrected chi connectivity index (χ1v) is 11.5. The van der Waals surface area contributed by atoms with Gasteiger partial charge in [-0.25, -0.2) is 9.59 Å². The molecule has 2 aliphatic heterocycles. The molecule has 5 rings (SSSR count). The van der Waals surface area contributed by atoms with E-state index in [0.29, 0.717) is 33.5 Å². The van der Waals surface area contributed by atoms with Crippen molar-refractivity contribution in [1.82, 2.24) is 5.32 Å². The number of carbonyl (C=O) groups excluding carboxylic acids is 2. The number of ether oxygens (including phenoxy) is 2. The summed E-state index contributed by atoms with van der Waals surface area (Å²) >= 11 is 1.47. The fraction of sp³-hybridized carbons (Fsp3) is 0.192. The molecule has 1 unspecified atom stereocenters. The summed E-state index contributed by atoms with van der Waals surface area (Å²) in [6, 6.07) is 16.7. The maximum absolute atomic E-state index is 13.1. The Balaban J connectivity index is 1.79. The van der Waals surface area contributed by atoms with Gasteiger partial charge in [0.2, 0.25) is 0 Å². The predicted octanol–water partition coefficient (Wildman–Crippen LogP) is 4.26. The fourth-order valence-electron chi connectivity index (χ4n) is 4.43. The first kappa shape index (κ1) is 21.2. The third kappa shape index (κ3) is 3.54. The first-order valence-electron chi connectivity index (χ1n) is 10.7. The van der Waals surface area contributed by atoms with E-state index in [2.05, 4.69) is 5.32 Å². The number of fused-ring (bicyclic) bond motifs is 1. The summed E-state index contributed by atoms with van der Waals surface area (Å²) in [6.45, 7) is 3.85. The van der Waals surface area contributed by atoms with Crippen molar-refractivity contribution in [3.63, 3.8) is 0 Å². The van der Waals surface area contributed by atoms with Crippen LogP contribution in [0.1, 0.15) is 25.3 Å². The van der Waals surface area contributed by atoms with Crippen molar-refractivity contribution in [1.29, 1.82) is 0 Å². The standard InChI is InChI=1S/C26H21NO5S/c1-3-31-25(29)21-14(2)27-18-13-32-26(30)23(18)22(21)17-11-7-10-16-19(28)12-20(33-24(16)17)15-8-5-4-6-9-15/h4-12,22,27H,3,13H2,1-2H3. The van der Waals surface area contributed by atoms with Gasteiger partial charge in [-0.1, -0.05) is 42.5 Å². The zero-order valence-electron chi connectivity index (χ0n) is 18.1. The van der Waals surface area contributed by atoms with Crippen LogP contribution >= 0.6 is 11.3 Å². The van der Waals surface area contributed by atoms with Gasteiger partial charge in [0, 0.05) is 26.7 Å². The van der Waals surface area contributed by atoms with E-state index in [0.717, 1.165) is 15.1 Å². The predicted molar refractivity (Wildman–Crippen MR) is 127 cm³/mol. The van der Waals surface area contributed by atoms with Crippen LogP contribution in [-0.4, -0.2) is 25.2 Å². The van der Waals surface area contributed by atoms with E-state index in [4.69, 9.17) is 9.47 Å².